The molecule has 0 heterocycles. The lowest BCUT2D eigenvalue weighted by Crippen LogP contribution is -2.51. The summed E-state index contributed by atoms with van der Waals surface area (Å²) in [4.78, 5) is 27.9. The van der Waals surface area contributed by atoms with Crippen LogP contribution in [0.5, 0.6) is 0 Å². The third-order valence-corrected chi connectivity index (χ3v) is 7.11. The number of benzene rings is 2. The van der Waals surface area contributed by atoms with Gasteiger partial charge < -0.3 is 10.2 Å². The second-order valence-electron chi connectivity index (χ2n) is 7.58. The third-order valence-electron chi connectivity index (χ3n) is 5.18. The van der Waals surface area contributed by atoms with E-state index >= 15 is 0 Å². The van der Waals surface area contributed by atoms with Gasteiger partial charge in [0, 0.05) is 33.4 Å². The van der Waals surface area contributed by atoms with E-state index in [4.69, 9.17) is 34.8 Å². The van der Waals surface area contributed by atoms with Crippen LogP contribution in [0.2, 0.25) is 15.1 Å². The first-order chi connectivity index (χ1) is 15.3. The maximum atomic E-state index is 13.3. The summed E-state index contributed by atoms with van der Waals surface area (Å²) in [7, 11) is 0. The maximum absolute atomic E-state index is 13.3. The van der Waals surface area contributed by atoms with Gasteiger partial charge in [0.25, 0.3) is 0 Å². The van der Waals surface area contributed by atoms with Crippen LogP contribution >= 0.6 is 46.6 Å². The first-order valence-corrected chi connectivity index (χ1v) is 12.9. The standard InChI is InChI=1S/C24H29Cl3N2O2S/c1-4-16(3)28-24(31)22(5-2)29(13-17-8-6-7-9-20(17)26)23(30)15-32-14-18-10-11-19(25)12-21(18)27/h6-12,16,22H,4-5,13-15H2,1-3H3,(H,28,31)/t16-,22-/m0/s1. The molecule has 174 valence electrons. The van der Waals surface area contributed by atoms with Crippen LogP contribution in [-0.2, 0) is 21.9 Å². The summed E-state index contributed by atoms with van der Waals surface area (Å²) in [5.41, 5.74) is 1.72. The number of hydrogen-bond acceptors (Lipinski definition) is 3. The van der Waals surface area contributed by atoms with E-state index in [0.29, 0.717) is 27.2 Å². The summed E-state index contributed by atoms with van der Waals surface area (Å²) in [5, 5.41) is 4.73. The number of rotatable bonds is 11. The van der Waals surface area contributed by atoms with Crippen LogP contribution in [0.3, 0.4) is 0 Å². The molecule has 2 aromatic carbocycles. The highest BCUT2D eigenvalue weighted by Gasteiger charge is 2.29. The van der Waals surface area contributed by atoms with E-state index in [2.05, 4.69) is 5.32 Å². The van der Waals surface area contributed by atoms with Gasteiger partial charge in [0.05, 0.1) is 5.75 Å². The van der Waals surface area contributed by atoms with E-state index in [-0.39, 0.29) is 30.2 Å². The Morgan fingerprint density at radius 3 is 2.34 bits per heavy atom. The lowest BCUT2D eigenvalue weighted by molar-refractivity contribution is -0.139. The fourth-order valence-electron chi connectivity index (χ4n) is 3.14. The molecule has 0 unspecified atom stereocenters. The predicted octanol–water partition coefficient (Wildman–Crippen LogP) is 6.60. The molecule has 32 heavy (non-hydrogen) atoms. The quantitative estimate of drug-likeness (QED) is 0.367. The fraction of sp³-hybridized carbons (Fsp3) is 0.417. The molecule has 0 spiro atoms. The van der Waals surface area contributed by atoms with Crippen molar-refractivity contribution in [2.45, 2.75) is 58.0 Å². The van der Waals surface area contributed by atoms with Gasteiger partial charge >= 0.3 is 0 Å². The van der Waals surface area contributed by atoms with Crippen molar-refractivity contribution in [1.29, 1.82) is 0 Å². The molecular weight excluding hydrogens is 487 g/mol. The van der Waals surface area contributed by atoms with E-state index in [1.165, 1.54) is 11.8 Å². The van der Waals surface area contributed by atoms with Gasteiger partial charge in [-0.2, -0.15) is 0 Å². The van der Waals surface area contributed by atoms with Crippen molar-refractivity contribution in [1.82, 2.24) is 10.2 Å². The molecule has 2 aromatic rings. The summed E-state index contributed by atoms with van der Waals surface area (Å²) in [6.45, 7) is 6.15. The van der Waals surface area contributed by atoms with Crippen molar-refractivity contribution in [3.63, 3.8) is 0 Å². The molecular formula is C24H29Cl3N2O2S. The maximum Gasteiger partial charge on any atom is 0.243 e. The van der Waals surface area contributed by atoms with Crippen LogP contribution in [0.15, 0.2) is 42.5 Å². The minimum Gasteiger partial charge on any atom is -0.352 e. The van der Waals surface area contributed by atoms with Crippen LogP contribution in [0.4, 0.5) is 0 Å². The Balaban J connectivity index is 2.17. The Morgan fingerprint density at radius 2 is 1.72 bits per heavy atom. The zero-order valence-electron chi connectivity index (χ0n) is 18.5. The second kappa shape index (κ2) is 13.3. The minimum absolute atomic E-state index is 0.0373. The van der Waals surface area contributed by atoms with Crippen molar-refractivity contribution in [2.75, 3.05) is 5.75 Å². The highest BCUT2D eigenvalue weighted by molar-refractivity contribution is 7.99. The average Bonchev–Trinajstić information content (AvgIpc) is 2.76. The first-order valence-electron chi connectivity index (χ1n) is 10.6. The van der Waals surface area contributed by atoms with E-state index in [0.717, 1.165) is 17.5 Å². The van der Waals surface area contributed by atoms with Gasteiger partial charge in [-0.15, -0.1) is 11.8 Å². The Morgan fingerprint density at radius 1 is 1.00 bits per heavy atom. The predicted molar refractivity (Wildman–Crippen MR) is 137 cm³/mol. The minimum atomic E-state index is -0.576. The monoisotopic (exact) mass is 514 g/mol. The number of nitrogens with one attached hydrogen (secondary N) is 1. The van der Waals surface area contributed by atoms with Gasteiger partial charge in [0.2, 0.25) is 11.8 Å². The highest BCUT2D eigenvalue weighted by atomic mass is 35.5. The number of carbonyl (C=O) groups excluding carboxylic acids is 2. The van der Waals surface area contributed by atoms with Crippen LogP contribution < -0.4 is 5.32 Å². The molecule has 2 amide bonds. The van der Waals surface area contributed by atoms with Crippen molar-refractivity contribution in [3.8, 4) is 0 Å². The molecule has 0 saturated heterocycles. The molecule has 0 bridgehead atoms. The highest BCUT2D eigenvalue weighted by Crippen LogP contribution is 2.26. The molecule has 0 aliphatic heterocycles. The van der Waals surface area contributed by atoms with Gasteiger partial charge in [0.15, 0.2) is 0 Å². The second-order valence-corrected chi connectivity index (χ2v) is 9.82. The Labute approximate surface area is 210 Å². The normalized spacial score (nSPS) is 12.8. The molecule has 2 atom stereocenters. The van der Waals surface area contributed by atoms with Gasteiger partial charge in [-0.05, 0) is 49.1 Å². The molecule has 0 saturated carbocycles. The SMILES string of the molecule is CC[C@H](C)NC(=O)[C@H](CC)N(Cc1ccccc1Cl)C(=O)CSCc1ccc(Cl)cc1Cl. The number of thioether (sulfide) groups is 1. The third kappa shape index (κ3) is 7.87. The molecule has 0 fully saturated rings. The molecule has 0 aliphatic carbocycles. The fourth-order valence-corrected chi connectivity index (χ4v) is 4.80. The Hall–Kier alpha value is -1.40. The molecule has 0 aromatic heterocycles. The zero-order chi connectivity index (χ0) is 23.7. The molecule has 0 aliphatic rings. The van der Waals surface area contributed by atoms with Gasteiger partial charge in [-0.1, -0.05) is 72.9 Å². The smallest absolute Gasteiger partial charge is 0.243 e. The average molecular weight is 516 g/mol. The summed E-state index contributed by atoms with van der Waals surface area (Å²) in [6, 6.07) is 12.2. The summed E-state index contributed by atoms with van der Waals surface area (Å²) >= 11 is 20.0. The van der Waals surface area contributed by atoms with Crippen LogP contribution in [-0.4, -0.2) is 34.6 Å². The zero-order valence-corrected chi connectivity index (χ0v) is 21.6. The van der Waals surface area contributed by atoms with E-state index in [1.54, 1.807) is 23.1 Å². The van der Waals surface area contributed by atoms with Crippen molar-refractivity contribution in [3.05, 3.63) is 68.7 Å². The number of amides is 2. The number of hydrogen-bond donors (Lipinski definition) is 1. The summed E-state index contributed by atoms with van der Waals surface area (Å²) in [5.74, 6) is 0.521. The van der Waals surface area contributed by atoms with Gasteiger partial charge in [-0.3, -0.25) is 9.59 Å². The topological polar surface area (TPSA) is 49.4 Å². The van der Waals surface area contributed by atoms with Gasteiger partial charge in [-0.25, -0.2) is 0 Å². The van der Waals surface area contributed by atoms with Crippen LogP contribution in [0.25, 0.3) is 0 Å². The number of carbonyl (C=O) groups is 2. The lowest BCUT2D eigenvalue weighted by Gasteiger charge is -2.31. The number of halogens is 3. The van der Waals surface area contributed by atoms with Crippen LogP contribution in [0.1, 0.15) is 44.7 Å². The van der Waals surface area contributed by atoms with E-state index < -0.39 is 6.04 Å². The molecule has 8 heteroatoms. The largest absolute Gasteiger partial charge is 0.352 e. The van der Waals surface area contributed by atoms with Crippen molar-refractivity contribution < 1.29 is 9.59 Å². The Kier molecular flexibility index (Phi) is 11.2. The molecule has 2 rings (SSSR count). The summed E-state index contributed by atoms with van der Waals surface area (Å²) in [6.07, 6.45) is 1.32. The molecule has 1 N–H and O–H groups in total. The first kappa shape index (κ1) is 26.8. The lowest BCUT2D eigenvalue weighted by atomic mass is 10.1. The number of nitrogens with zero attached hydrogens (tertiary/aromatic N) is 1. The van der Waals surface area contributed by atoms with E-state index in [1.807, 2.05) is 45.0 Å². The van der Waals surface area contributed by atoms with Crippen LogP contribution in [0, 0.1) is 0 Å². The molecule has 4 nitrogen and oxygen atoms in total. The Bertz CT molecular complexity index is 926. The van der Waals surface area contributed by atoms with E-state index in [9.17, 15) is 9.59 Å². The molecule has 0 radical (unpaired) electrons. The van der Waals surface area contributed by atoms with Crippen molar-refractivity contribution in [2.24, 2.45) is 0 Å². The van der Waals surface area contributed by atoms with Crippen molar-refractivity contribution >= 4 is 58.4 Å². The summed E-state index contributed by atoms with van der Waals surface area (Å²) < 4.78 is 0. The van der Waals surface area contributed by atoms with Gasteiger partial charge in [0.1, 0.15) is 6.04 Å².